The highest BCUT2D eigenvalue weighted by Gasteiger charge is 2.19. The maximum Gasteiger partial charge on any atom is 0.308 e. The molecule has 0 aliphatic rings. The standard InChI is InChI=1S/C11H6ClFN2O4/c12-6-4-7(13)8(15(17)18)5-10(6)19-9-2-1-3-14-11(9)16/h1-5H,(H,14,16). The zero-order valence-corrected chi connectivity index (χ0v) is 9.98. The number of nitro benzene ring substituents is 1. The van der Waals surface area contributed by atoms with Crippen LogP contribution in [0.4, 0.5) is 10.1 Å². The maximum atomic E-state index is 13.2. The van der Waals surface area contributed by atoms with Crippen molar-refractivity contribution < 1.29 is 14.1 Å². The van der Waals surface area contributed by atoms with Gasteiger partial charge in [-0.2, -0.15) is 4.39 Å². The number of benzene rings is 1. The molecule has 6 nitrogen and oxygen atoms in total. The largest absolute Gasteiger partial charge is 0.450 e. The normalized spacial score (nSPS) is 10.2. The summed E-state index contributed by atoms with van der Waals surface area (Å²) in [7, 11) is 0. The van der Waals surface area contributed by atoms with E-state index >= 15 is 0 Å². The average molecular weight is 285 g/mol. The number of aromatic amines is 1. The van der Waals surface area contributed by atoms with E-state index in [2.05, 4.69) is 4.98 Å². The van der Waals surface area contributed by atoms with Gasteiger partial charge in [-0.3, -0.25) is 14.9 Å². The quantitative estimate of drug-likeness (QED) is 0.693. The van der Waals surface area contributed by atoms with Gasteiger partial charge < -0.3 is 9.72 Å². The Morgan fingerprint density at radius 1 is 1.37 bits per heavy atom. The Labute approximate surface area is 110 Å². The Morgan fingerprint density at radius 3 is 2.74 bits per heavy atom. The monoisotopic (exact) mass is 284 g/mol. The number of nitro groups is 1. The molecule has 0 radical (unpaired) electrons. The SMILES string of the molecule is O=c1[nH]cccc1Oc1cc([N+](=O)[O-])c(F)cc1Cl. The predicted molar refractivity (Wildman–Crippen MR) is 65.2 cm³/mol. The molecule has 1 aromatic carbocycles. The van der Waals surface area contributed by atoms with Gasteiger partial charge in [-0.15, -0.1) is 0 Å². The Balaban J connectivity index is 2.46. The second kappa shape index (κ2) is 5.07. The molecule has 0 aliphatic carbocycles. The molecule has 1 heterocycles. The lowest BCUT2D eigenvalue weighted by atomic mass is 10.3. The topological polar surface area (TPSA) is 85.2 Å². The van der Waals surface area contributed by atoms with Gasteiger partial charge in [0.05, 0.1) is 16.0 Å². The van der Waals surface area contributed by atoms with Gasteiger partial charge in [0, 0.05) is 12.3 Å². The van der Waals surface area contributed by atoms with Crippen molar-refractivity contribution in [1.82, 2.24) is 4.98 Å². The summed E-state index contributed by atoms with van der Waals surface area (Å²) in [6.07, 6.45) is 1.39. The van der Waals surface area contributed by atoms with Gasteiger partial charge in [0.2, 0.25) is 5.82 Å². The number of hydrogen-bond donors (Lipinski definition) is 1. The molecule has 0 atom stereocenters. The number of pyridine rings is 1. The van der Waals surface area contributed by atoms with E-state index in [1.54, 1.807) is 0 Å². The first-order chi connectivity index (χ1) is 8.99. The van der Waals surface area contributed by atoms with Crippen LogP contribution in [0.1, 0.15) is 0 Å². The molecule has 0 unspecified atom stereocenters. The van der Waals surface area contributed by atoms with Crippen LogP contribution >= 0.6 is 11.6 Å². The average Bonchev–Trinajstić information content (AvgIpc) is 2.34. The second-order valence-electron chi connectivity index (χ2n) is 3.46. The lowest BCUT2D eigenvalue weighted by molar-refractivity contribution is -0.387. The molecule has 0 spiro atoms. The number of halogens is 2. The Hall–Kier alpha value is -2.41. The molecule has 0 amide bonds. The van der Waals surface area contributed by atoms with E-state index in [4.69, 9.17) is 16.3 Å². The van der Waals surface area contributed by atoms with Crippen molar-refractivity contribution in [3.05, 3.63) is 61.8 Å². The first kappa shape index (κ1) is 13.0. The van der Waals surface area contributed by atoms with Crippen molar-refractivity contribution in [3.63, 3.8) is 0 Å². The molecule has 0 aliphatic heterocycles. The number of nitrogens with zero attached hydrogens (tertiary/aromatic N) is 1. The molecule has 1 N–H and O–H groups in total. The van der Waals surface area contributed by atoms with Gasteiger partial charge in [0.25, 0.3) is 5.56 Å². The number of rotatable bonds is 3. The van der Waals surface area contributed by atoms with Gasteiger partial charge in [0.1, 0.15) is 0 Å². The van der Waals surface area contributed by atoms with Crippen molar-refractivity contribution in [2.75, 3.05) is 0 Å². The molecule has 19 heavy (non-hydrogen) atoms. The molecular weight excluding hydrogens is 279 g/mol. The van der Waals surface area contributed by atoms with E-state index in [0.717, 1.165) is 12.1 Å². The molecule has 0 fully saturated rings. The highest BCUT2D eigenvalue weighted by Crippen LogP contribution is 2.33. The highest BCUT2D eigenvalue weighted by molar-refractivity contribution is 6.32. The summed E-state index contributed by atoms with van der Waals surface area (Å²) in [6.45, 7) is 0. The number of H-pyrrole nitrogens is 1. The van der Waals surface area contributed by atoms with Crippen molar-refractivity contribution in [1.29, 1.82) is 0 Å². The summed E-state index contributed by atoms with van der Waals surface area (Å²) in [5, 5.41) is 10.4. The van der Waals surface area contributed by atoms with Gasteiger partial charge in [0.15, 0.2) is 11.5 Å². The smallest absolute Gasteiger partial charge is 0.308 e. The molecule has 2 aromatic rings. The molecule has 0 bridgehead atoms. The number of aromatic nitrogens is 1. The third-order valence-corrected chi connectivity index (χ3v) is 2.50. The molecule has 2 rings (SSSR count). The summed E-state index contributed by atoms with van der Waals surface area (Å²) >= 11 is 5.71. The van der Waals surface area contributed by atoms with Crippen LogP contribution in [0.5, 0.6) is 11.5 Å². The van der Waals surface area contributed by atoms with Crippen molar-refractivity contribution in [2.24, 2.45) is 0 Å². The highest BCUT2D eigenvalue weighted by atomic mass is 35.5. The number of hydrogen-bond acceptors (Lipinski definition) is 4. The van der Waals surface area contributed by atoms with E-state index < -0.39 is 22.0 Å². The van der Waals surface area contributed by atoms with E-state index in [9.17, 15) is 19.3 Å². The van der Waals surface area contributed by atoms with E-state index in [1.165, 1.54) is 18.3 Å². The molecular formula is C11H6ClFN2O4. The summed E-state index contributed by atoms with van der Waals surface area (Å²) in [6, 6.07) is 4.43. The minimum absolute atomic E-state index is 0.106. The van der Waals surface area contributed by atoms with Gasteiger partial charge in [-0.25, -0.2) is 0 Å². The van der Waals surface area contributed by atoms with Crippen molar-refractivity contribution in [3.8, 4) is 11.5 Å². The fourth-order valence-corrected chi connectivity index (χ4v) is 1.53. The molecule has 0 saturated carbocycles. The zero-order valence-electron chi connectivity index (χ0n) is 9.22. The molecule has 0 saturated heterocycles. The minimum atomic E-state index is -1.08. The summed E-state index contributed by atoms with van der Waals surface area (Å²) < 4.78 is 18.4. The first-order valence-electron chi connectivity index (χ1n) is 4.98. The predicted octanol–water partition coefficient (Wildman–Crippen LogP) is 2.87. The fourth-order valence-electron chi connectivity index (χ4n) is 1.34. The second-order valence-corrected chi connectivity index (χ2v) is 3.86. The Kier molecular flexibility index (Phi) is 3.48. The van der Waals surface area contributed by atoms with Crippen LogP contribution in [0.2, 0.25) is 5.02 Å². The van der Waals surface area contributed by atoms with Crippen LogP contribution in [-0.2, 0) is 0 Å². The summed E-state index contributed by atoms with van der Waals surface area (Å²) in [5.41, 5.74) is -1.32. The maximum absolute atomic E-state index is 13.2. The number of ether oxygens (including phenoxy) is 1. The molecule has 98 valence electrons. The van der Waals surface area contributed by atoms with Crippen LogP contribution < -0.4 is 10.3 Å². The van der Waals surface area contributed by atoms with Crippen LogP contribution in [0.25, 0.3) is 0 Å². The molecule has 8 heteroatoms. The first-order valence-corrected chi connectivity index (χ1v) is 5.36. The van der Waals surface area contributed by atoms with Crippen LogP contribution in [-0.4, -0.2) is 9.91 Å². The van der Waals surface area contributed by atoms with E-state index in [0.29, 0.717) is 0 Å². The minimum Gasteiger partial charge on any atom is -0.450 e. The summed E-state index contributed by atoms with van der Waals surface area (Å²) in [4.78, 5) is 23.4. The van der Waals surface area contributed by atoms with Gasteiger partial charge >= 0.3 is 5.69 Å². The number of nitrogens with one attached hydrogen (secondary N) is 1. The third-order valence-electron chi connectivity index (χ3n) is 2.20. The Bertz CT molecular complexity index is 701. The van der Waals surface area contributed by atoms with Crippen molar-refractivity contribution >= 4 is 17.3 Å². The van der Waals surface area contributed by atoms with Crippen LogP contribution in [0.15, 0.2) is 35.3 Å². The van der Waals surface area contributed by atoms with Crippen molar-refractivity contribution in [2.45, 2.75) is 0 Å². The Morgan fingerprint density at radius 2 is 2.11 bits per heavy atom. The lowest BCUT2D eigenvalue weighted by Crippen LogP contribution is -2.07. The van der Waals surface area contributed by atoms with Crippen LogP contribution in [0.3, 0.4) is 0 Å². The van der Waals surface area contributed by atoms with Gasteiger partial charge in [-0.05, 0) is 12.1 Å². The van der Waals surface area contributed by atoms with E-state index in [-0.39, 0.29) is 16.5 Å². The fraction of sp³-hybridized carbons (Fsp3) is 0. The molecule has 1 aromatic heterocycles. The van der Waals surface area contributed by atoms with Gasteiger partial charge in [-0.1, -0.05) is 11.6 Å². The zero-order chi connectivity index (χ0) is 14.0. The van der Waals surface area contributed by atoms with Crippen LogP contribution in [0, 0.1) is 15.9 Å². The van der Waals surface area contributed by atoms with E-state index in [1.807, 2.05) is 0 Å². The third kappa shape index (κ3) is 2.71. The lowest BCUT2D eigenvalue weighted by Gasteiger charge is -2.06. The summed E-state index contributed by atoms with van der Waals surface area (Å²) in [5.74, 6) is -1.36.